The molecule has 1 aliphatic heterocycles. The third-order valence-corrected chi connectivity index (χ3v) is 5.35. The molecule has 2 aromatic heterocycles. The maximum Gasteiger partial charge on any atom is 0.416 e. The zero-order valence-electron chi connectivity index (χ0n) is 15.0. The Hall–Kier alpha value is -3.16. The number of nitrogens with one attached hydrogen (secondary N) is 1. The van der Waals surface area contributed by atoms with Crippen LogP contribution in [0.15, 0.2) is 42.5 Å². The van der Waals surface area contributed by atoms with E-state index in [1.807, 2.05) is 29.7 Å². The van der Waals surface area contributed by atoms with Crippen LogP contribution in [-0.2, 0) is 12.6 Å². The van der Waals surface area contributed by atoms with Gasteiger partial charge in [0.25, 0.3) is 0 Å². The second-order valence-corrected chi connectivity index (χ2v) is 7.06. The number of rotatable bonds is 2. The Morgan fingerprint density at radius 3 is 2.61 bits per heavy atom. The van der Waals surface area contributed by atoms with Gasteiger partial charge in [0.1, 0.15) is 5.82 Å². The van der Waals surface area contributed by atoms with Gasteiger partial charge in [0.05, 0.1) is 17.1 Å². The highest BCUT2D eigenvalue weighted by atomic mass is 19.4. The van der Waals surface area contributed by atoms with Crippen molar-refractivity contribution in [3.8, 4) is 11.4 Å². The lowest BCUT2D eigenvalue weighted by atomic mass is 10.0. The Balaban J connectivity index is 1.57. The van der Waals surface area contributed by atoms with Crippen molar-refractivity contribution in [2.75, 3.05) is 0 Å². The van der Waals surface area contributed by atoms with E-state index in [0.717, 1.165) is 64.3 Å². The Morgan fingerprint density at radius 1 is 1.07 bits per heavy atom. The van der Waals surface area contributed by atoms with Crippen LogP contribution in [-0.4, -0.2) is 25.0 Å². The lowest BCUT2D eigenvalue weighted by Crippen LogP contribution is -2.09. The summed E-state index contributed by atoms with van der Waals surface area (Å²) in [6, 6.07) is 11.2. The van der Waals surface area contributed by atoms with E-state index < -0.39 is 11.7 Å². The standard InChI is InChI=1S/C20H16F3N5/c1-11-15-10-13(4-7-16(15)25-24-11)19-27-26-18-9-8-17(28(18)19)12-2-5-14(6-3-12)20(21,22)23/h2-7,10,17H,8-9H2,1H3,(H,24,25). The van der Waals surface area contributed by atoms with Crippen molar-refractivity contribution in [1.29, 1.82) is 0 Å². The number of hydrogen-bond donors (Lipinski definition) is 1. The van der Waals surface area contributed by atoms with Crippen molar-refractivity contribution in [3.63, 3.8) is 0 Å². The molecular weight excluding hydrogens is 367 g/mol. The fourth-order valence-corrected chi connectivity index (χ4v) is 3.90. The van der Waals surface area contributed by atoms with E-state index in [0.29, 0.717) is 0 Å². The number of fused-ring (bicyclic) bond motifs is 2. The second-order valence-electron chi connectivity index (χ2n) is 7.06. The molecule has 8 heteroatoms. The third kappa shape index (κ3) is 2.59. The molecule has 0 radical (unpaired) electrons. The van der Waals surface area contributed by atoms with Gasteiger partial charge < -0.3 is 4.57 Å². The normalized spacial score (nSPS) is 16.6. The number of nitrogens with zero attached hydrogens (tertiary/aromatic N) is 4. The Bertz CT molecular complexity index is 1170. The molecule has 3 heterocycles. The van der Waals surface area contributed by atoms with Gasteiger partial charge in [-0.15, -0.1) is 10.2 Å². The summed E-state index contributed by atoms with van der Waals surface area (Å²) >= 11 is 0. The molecule has 0 fully saturated rings. The van der Waals surface area contributed by atoms with Crippen LogP contribution in [0.3, 0.4) is 0 Å². The SMILES string of the molecule is Cc1[nH]nc2ccc(-c3nnc4n3C(c3ccc(C(F)(F)F)cc3)CC4)cc12. The smallest absolute Gasteiger partial charge is 0.303 e. The molecule has 0 bridgehead atoms. The summed E-state index contributed by atoms with van der Waals surface area (Å²) in [5, 5.41) is 16.9. The van der Waals surface area contributed by atoms with Crippen LogP contribution in [0, 0.1) is 6.92 Å². The minimum Gasteiger partial charge on any atom is -0.303 e. The third-order valence-electron chi connectivity index (χ3n) is 5.35. The predicted molar refractivity (Wildman–Crippen MR) is 97.8 cm³/mol. The van der Waals surface area contributed by atoms with Crippen molar-refractivity contribution in [2.24, 2.45) is 0 Å². The molecule has 1 atom stereocenters. The van der Waals surface area contributed by atoms with E-state index in [-0.39, 0.29) is 6.04 Å². The van der Waals surface area contributed by atoms with Gasteiger partial charge in [0, 0.05) is 23.1 Å². The molecule has 0 aliphatic carbocycles. The number of aromatic amines is 1. The Kier molecular flexibility index (Phi) is 3.59. The zero-order chi connectivity index (χ0) is 19.5. The Morgan fingerprint density at radius 2 is 1.86 bits per heavy atom. The number of H-pyrrole nitrogens is 1. The van der Waals surface area contributed by atoms with Gasteiger partial charge >= 0.3 is 6.18 Å². The average molecular weight is 383 g/mol. The van der Waals surface area contributed by atoms with Gasteiger partial charge in [-0.3, -0.25) is 5.10 Å². The molecule has 4 aromatic rings. The van der Waals surface area contributed by atoms with Crippen molar-refractivity contribution in [2.45, 2.75) is 32.0 Å². The van der Waals surface area contributed by atoms with E-state index >= 15 is 0 Å². The summed E-state index contributed by atoms with van der Waals surface area (Å²) in [7, 11) is 0. The van der Waals surface area contributed by atoms with Crippen LogP contribution in [0.25, 0.3) is 22.3 Å². The van der Waals surface area contributed by atoms with Gasteiger partial charge in [-0.2, -0.15) is 18.3 Å². The summed E-state index contributed by atoms with van der Waals surface area (Å²) < 4.78 is 40.7. The zero-order valence-corrected chi connectivity index (χ0v) is 15.0. The summed E-state index contributed by atoms with van der Waals surface area (Å²) in [6.45, 7) is 1.96. The van der Waals surface area contributed by atoms with Gasteiger partial charge in [0.2, 0.25) is 0 Å². The number of aromatic nitrogens is 5. The van der Waals surface area contributed by atoms with Crippen LogP contribution in [0.2, 0.25) is 0 Å². The molecule has 0 saturated heterocycles. The van der Waals surface area contributed by atoms with Crippen molar-refractivity contribution >= 4 is 10.9 Å². The first-order valence-corrected chi connectivity index (χ1v) is 8.98. The molecule has 2 aromatic carbocycles. The average Bonchev–Trinajstić information content (AvgIpc) is 3.36. The van der Waals surface area contributed by atoms with E-state index in [4.69, 9.17) is 0 Å². The number of benzene rings is 2. The van der Waals surface area contributed by atoms with Crippen LogP contribution < -0.4 is 0 Å². The van der Waals surface area contributed by atoms with Gasteiger partial charge in [0.15, 0.2) is 5.82 Å². The van der Waals surface area contributed by atoms with Crippen LogP contribution in [0.4, 0.5) is 13.2 Å². The number of hydrogen-bond acceptors (Lipinski definition) is 3. The topological polar surface area (TPSA) is 59.4 Å². The summed E-state index contributed by atoms with van der Waals surface area (Å²) in [5.74, 6) is 1.57. The minimum absolute atomic E-state index is 0.0802. The monoisotopic (exact) mass is 383 g/mol. The lowest BCUT2D eigenvalue weighted by molar-refractivity contribution is -0.137. The molecule has 28 heavy (non-hydrogen) atoms. The van der Waals surface area contributed by atoms with E-state index in [2.05, 4.69) is 20.4 Å². The van der Waals surface area contributed by atoms with Gasteiger partial charge in [-0.05, 0) is 49.2 Å². The molecule has 0 saturated carbocycles. The van der Waals surface area contributed by atoms with Crippen molar-refractivity contribution in [3.05, 3.63) is 65.1 Å². The van der Waals surface area contributed by atoms with Crippen LogP contribution in [0.1, 0.15) is 35.1 Å². The molecule has 5 rings (SSSR count). The lowest BCUT2D eigenvalue weighted by Gasteiger charge is -2.17. The molecule has 5 nitrogen and oxygen atoms in total. The second kappa shape index (κ2) is 5.92. The predicted octanol–water partition coefficient (Wildman–Crippen LogP) is 4.68. The van der Waals surface area contributed by atoms with E-state index in [9.17, 15) is 13.2 Å². The molecule has 1 unspecified atom stereocenters. The fraction of sp³-hybridized carbons (Fsp3) is 0.250. The summed E-state index contributed by atoms with van der Waals surface area (Å²) in [4.78, 5) is 0. The summed E-state index contributed by atoms with van der Waals surface area (Å²) in [6.07, 6.45) is -2.80. The molecule has 0 amide bonds. The maximum absolute atomic E-state index is 12.9. The van der Waals surface area contributed by atoms with Gasteiger partial charge in [-0.1, -0.05) is 12.1 Å². The molecule has 1 N–H and O–H groups in total. The van der Waals surface area contributed by atoms with Crippen LogP contribution in [0.5, 0.6) is 0 Å². The highest BCUT2D eigenvalue weighted by molar-refractivity contribution is 5.85. The number of aryl methyl sites for hydroxylation is 2. The van der Waals surface area contributed by atoms with E-state index in [1.165, 1.54) is 0 Å². The first-order valence-electron chi connectivity index (χ1n) is 8.98. The Labute approximate surface area is 158 Å². The quantitative estimate of drug-likeness (QED) is 0.547. The van der Waals surface area contributed by atoms with E-state index in [1.54, 1.807) is 12.1 Å². The van der Waals surface area contributed by atoms with Crippen molar-refractivity contribution in [1.82, 2.24) is 25.0 Å². The first kappa shape index (κ1) is 17.0. The molecule has 1 aliphatic rings. The minimum atomic E-state index is -4.33. The summed E-state index contributed by atoms with van der Waals surface area (Å²) in [5.41, 5.74) is 2.95. The number of alkyl halides is 3. The fourth-order valence-electron chi connectivity index (χ4n) is 3.90. The number of halogens is 3. The molecule has 0 spiro atoms. The highest BCUT2D eigenvalue weighted by Crippen LogP contribution is 2.37. The van der Waals surface area contributed by atoms with Gasteiger partial charge in [-0.25, -0.2) is 0 Å². The van der Waals surface area contributed by atoms with Crippen molar-refractivity contribution < 1.29 is 13.2 Å². The molecular formula is C20H16F3N5. The first-order chi connectivity index (χ1) is 13.4. The molecule has 142 valence electrons. The highest BCUT2D eigenvalue weighted by Gasteiger charge is 2.32. The largest absolute Gasteiger partial charge is 0.416 e. The van der Waals surface area contributed by atoms with Crippen LogP contribution >= 0.6 is 0 Å². The maximum atomic E-state index is 12.9.